The average molecular weight is 477 g/mol. The maximum Gasteiger partial charge on any atom is 0.190 e. The Morgan fingerprint density at radius 2 is 1.86 bits per heavy atom. The quantitative estimate of drug-likeness (QED) is 0.517. The predicted molar refractivity (Wildman–Crippen MR) is 118 cm³/mol. The van der Waals surface area contributed by atoms with Gasteiger partial charge in [-0.2, -0.15) is 0 Å². The molecule has 0 unspecified atom stereocenters. The van der Waals surface area contributed by atoms with E-state index >= 15 is 0 Å². The van der Waals surface area contributed by atoms with Crippen molar-refractivity contribution in [1.82, 2.24) is 0 Å². The molecular formula is C19H17BrN4O2S2. The number of aromatic amines is 1. The van der Waals surface area contributed by atoms with E-state index in [0.717, 1.165) is 15.7 Å². The van der Waals surface area contributed by atoms with Crippen LogP contribution in [0, 0.1) is 6.92 Å². The number of halogens is 1. The number of hydrogen-bond donors (Lipinski definition) is 2. The van der Waals surface area contributed by atoms with E-state index in [1.807, 2.05) is 19.1 Å². The zero-order chi connectivity index (χ0) is 20.1. The van der Waals surface area contributed by atoms with Gasteiger partial charge in [0.25, 0.3) is 0 Å². The first-order chi connectivity index (χ1) is 13.3. The fourth-order valence-corrected chi connectivity index (χ4v) is 4.11. The number of pyridine rings is 1. The number of anilines is 2. The van der Waals surface area contributed by atoms with Gasteiger partial charge >= 0.3 is 0 Å². The molecule has 144 valence electrons. The summed E-state index contributed by atoms with van der Waals surface area (Å²) >= 11 is 8.63. The van der Waals surface area contributed by atoms with Gasteiger partial charge in [-0.15, -0.1) is 5.69 Å². The Balaban J connectivity index is 1.85. The molecule has 0 spiro atoms. The maximum absolute atomic E-state index is 12.9. The summed E-state index contributed by atoms with van der Waals surface area (Å²) in [5.41, 5.74) is 2.24. The summed E-state index contributed by atoms with van der Waals surface area (Å²) in [6, 6.07) is 15.4. The number of rotatable bonds is 5. The van der Waals surface area contributed by atoms with Crippen molar-refractivity contribution >= 4 is 60.3 Å². The third kappa shape index (κ3) is 5.28. The Labute approximate surface area is 177 Å². The Morgan fingerprint density at radius 3 is 2.54 bits per heavy atom. The zero-order valence-corrected chi connectivity index (χ0v) is 18.0. The van der Waals surface area contributed by atoms with Crippen LogP contribution in [0.1, 0.15) is 5.56 Å². The summed E-state index contributed by atoms with van der Waals surface area (Å²) < 4.78 is 30.6. The minimum atomic E-state index is -3.94. The van der Waals surface area contributed by atoms with Gasteiger partial charge in [0.1, 0.15) is 15.7 Å². The highest BCUT2D eigenvalue weighted by atomic mass is 79.9. The first-order valence-electron chi connectivity index (χ1n) is 8.22. The van der Waals surface area contributed by atoms with Gasteiger partial charge in [0.15, 0.2) is 17.5 Å². The van der Waals surface area contributed by atoms with Gasteiger partial charge in [-0.3, -0.25) is 0 Å². The summed E-state index contributed by atoms with van der Waals surface area (Å²) in [5.74, 6) is 0. The van der Waals surface area contributed by atoms with Crippen molar-refractivity contribution in [2.45, 2.75) is 11.8 Å². The van der Waals surface area contributed by atoms with E-state index in [-0.39, 0.29) is 10.0 Å². The normalized spacial score (nSPS) is 10.9. The monoisotopic (exact) mass is 476 g/mol. The summed E-state index contributed by atoms with van der Waals surface area (Å²) in [7, 11) is -3.94. The fraction of sp³-hybridized carbons (Fsp3) is 0.0526. The van der Waals surface area contributed by atoms with E-state index in [9.17, 15) is 8.42 Å². The topological polar surface area (TPSA) is 86.4 Å². The molecule has 0 saturated carbocycles. The van der Waals surface area contributed by atoms with Crippen LogP contribution >= 0.6 is 28.1 Å². The first-order valence-corrected chi connectivity index (χ1v) is 10.9. The summed E-state index contributed by atoms with van der Waals surface area (Å²) in [4.78, 5) is 3.00. The first kappa shape index (κ1) is 20.2. The molecule has 0 radical (unpaired) electrons. The molecule has 3 aromatic rings. The lowest BCUT2D eigenvalue weighted by Gasteiger charge is -2.24. The van der Waals surface area contributed by atoms with Crippen molar-refractivity contribution in [1.29, 1.82) is 0 Å². The molecule has 0 atom stereocenters. The molecule has 28 heavy (non-hydrogen) atoms. The van der Waals surface area contributed by atoms with E-state index in [1.165, 1.54) is 0 Å². The number of aryl methyl sites for hydroxylation is 1. The molecule has 1 aromatic heterocycles. The van der Waals surface area contributed by atoms with Crippen LogP contribution in [0.3, 0.4) is 0 Å². The number of benzene rings is 2. The lowest BCUT2D eigenvalue weighted by atomic mass is 10.2. The van der Waals surface area contributed by atoms with E-state index in [2.05, 4.69) is 36.3 Å². The van der Waals surface area contributed by atoms with Crippen LogP contribution in [0.4, 0.5) is 17.1 Å². The van der Waals surface area contributed by atoms with Crippen LogP contribution < -0.4 is 15.6 Å². The van der Waals surface area contributed by atoms with Crippen molar-refractivity contribution in [2.24, 2.45) is 0 Å². The second-order valence-corrected chi connectivity index (χ2v) is 8.81. The molecule has 0 aliphatic heterocycles. The van der Waals surface area contributed by atoms with Crippen LogP contribution in [-0.2, 0) is 10.0 Å². The third-order valence-electron chi connectivity index (χ3n) is 3.68. The SMILES string of the molecule is Cc1ccc(NC(=S)Nc2ccc[nH+]c2)c(S(=O)(=O)[N-]c2ccc(Br)cc2)c1. The van der Waals surface area contributed by atoms with Gasteiger partial charge in [0.2, 0.25) is 0 Å². The van der Waals surface area contributed by atoms with Gasteiger partial charge in [0, 0.05) is 10.5 Å². The van der Waals surface area contributed by atoms with Crippen molar-refractivity contribution < 1.29 is 13.4 Å². The van der Waals surface area contributed by atoms with Crippen molar-refractivity contribution in [3.8, 4) is 0 Å². The lowest BCUT2D eigenvalue weighted by molar-refractivity contribution is -0.377. The molecule has 3 N–H and O–H groups in total. The van der Waals surface area contributed by atoms with Crippen molar-refractivity contribution in [2.75, 3.05) is 10.6 Å². The molecule has 2 aromatic carbocycles. The Bertz CT molecular complexity index is 1090. The minimum absolute atomic E-state index is 0.0548. The molecule has 0 saturated heterocycles. The van der Waals surface area contributed by atoms with Gasteiger partial charge in [-0.1, -0.05) is 34.1 Å². The van der Waals surface area contributed by atoms with Crippen LogP contribution in [-0.4, -0.2) is 13.5 Å². The molecule has 0 amide bonds. The Hall–Kier alpha value is -2.49. The van der Waals surface area contributed by atoms with Crippen LogP contribution in [0.25, 0.3) is 4.72 Å². The fourth-order valence-electron chi connectivity index (χ4n) is 2.39. The molecule has 0 bridgehead atoms. The Morgan fingerprint density at radius 1 is 1.11 bits per heavy atom. The minimum Gasteiger partial charge on any atom is -0.573 e. The second kappa shape index (κ2) is 8.68. The van der Waals surface area contributed by atoms with Gasteiger partial charge in [-0.05, 0) is 55.0 Å². The van der Waals surface area contributed by atoms with Crippen LogP contribution in [0.5, 0.6) is 0 Å². The number of nitrogens with zero attached hydrogens (tertiary/aromatic N) is 1. The van der Waals surface area contributed by atoms with Crippen molar-refractivity contribution in [3.63, 3.8) is 0 Å². The van der Waals surface area contributed by atoms with E-state index in [1.54, 1.807) is 54.9 Å². The highest BCUT2D eigenvalue weighted by Crippen LogP contribution is 2.33. The lowest BCUT2D eigenvalue weighted by Crippen LogP contribution is -2.21. The van der Waals surface area contributed by atoms with Gasteiger partial charge < -0.3 is 15.4 Å². The number of nitrogens with one attached hydrogen (secondary N) is 3. The summed E-state index contributed by atoms with van der Waals surface area (Å²) in [6.07, 6.45) is 3.51. The predicted octanol–water partition coefficient (Wildman–Crippen LogP) is 4.77. The summed E-state index contributed by atoms with van der Waals surface area (Å²) in [5, 5.41) is 6.21. The molecular weight excluding hydrogens is 460 g/mol. The number of thiocarbonyl (C=S) groups is 1. The molecule has 0 aliphatic rings. The standard InChI is InChI=1S/C19H16BrN4O2S2/c1-13-4-9-17(23-19(27)22-16-3-2-10-21-12-16)18(11-13)28(25,26)24-15-7-5-14(20)6-8-15/h2-12H,1H3,(H2,22,23,27)/q-1/p+1. The van der Waals surface area contributed by atoms with E-state index in [0.29, 0.717) is 11.4 Å². The van der Waals surface area contributed by atoms with E-state index < -0.39 is 10.0 Å². The second-order valence-electron chi connectivity index (χ2n) is 5.91. The van der Waals surface area contributed by atoms with Crippen molar-refractivity contribution in [3.05, 3.63) is 81.7 Å². The largest absolute Gasteiger partial charge is 0.573 e. The number of aromatic nitrogens is 1. The Kier molecular flexibility index (Phi) is 6.28. The molecule has 9 heteroatoms. The maximum atomic E-state index is 12.9. The van der Waals surface area contributed by atoms with Gasteiger partial charge in [-0.25, -0.2) is 13.4 Å². The van der Waals surface area contributed by atoms with Crippen LogP contribution in [0.15, 0.2) is 76.4 Å². The van der Waals surface area contributed by atoms with Crippen LogP contribution in [0.2, 0.25) is 0 Å². The van der Waals surface area contributed by atoms with E-state index in [4.69, 9.17) is 12.2 Å². The third-order valence-corrected chi connectivity index (χ3v) is 5.76. The highest BCUT2D eigenvalue weighted by molar-refractivity contribution is 9.10. The van der Waals surface area contributed by atoms with Gasteiger partial charge in [0.05, 0.1) is 10.6 Å². The highest BCUT2D eigenvalue weighted by Gasteiger charge is 2.13. The zero-order valence-electron chi connectivity index (χ0n) is 14.8. The average Bonchev–Trinajstić information content (AvgIpc) is 2.65. The summed E-state index contributed by atoms with van der Waals surface area (Å²) in [6.45, 7) is 1.82. The number of H-pyrrole nitrogens is 1. The number of hydrogen-bond acceptors (Lipinski definition) is 3. The molecule has 6 nitrogen and oxygen atoms in total. The molecule has 0 aliphatic carbocycles. The molecule has 1 heterocycles. The number of sulfonamides is 1. The smallest absolute Gasteiger partial charge is 0.190 e. The molecule has 0 fully saturated rings. The molecule has 3 rings (SSSR count).